The predicted molar refractivity (Wildman–Crippen MR) is 94.7 cm³/mol. The number of allylic oxidation sites excluding steroid dienone is 2. The smallest absolute Gasteiger partial charge is 0.0907 e. The largest absolute Gasteiger partial charge is 0.398 e. The molecule has 0 heterocycles. The molecule has 0 aromatic heterocycles. The number of fused-ring (bicyclic) bond motifs is 2. The first-order chi connectivity index (χ1) is 11.0. The highest BCUT2D eigenvalue weighted by Crippen LogP contribution is 2.47. The van der Waals surface area contributed by atoms with Gasteiger partial charge in [0.15, 0.2) is 0 Å². The molecule has 5 heteroatoms. The summed E-state index contributed by atoms with van der Waals surface area (Å²) in [5, 5.41) is 12.5. The molecule has 1 aromatic carbocycles. The molecular weight excluding hydrogens is 310 g/mol. The third kappa shape index (κ3) is 3.05. The number of rotatable bonds is 4. The first kappa shape index (κ1) is 16.2. The molecule has 1 fully saturated rings. The summed E-state index contributed by atoms with van der Waals surface area (Å²) < 4.78 is 0. The molecule has 3 rings (SSSR count). The van der Waals surface area contributed by atoms with E-state index in [1.807, 2.05) is 0 Å². The van der Waals surface area contributed by atoms with Crippen molar-refractivity contribution in [2.75, 3.05) is 5.73 Å². The second-order valence-electron chi connectivity index (χ2n) is 6.81. The van der Waals surface area contributed by atoms with Crippen molar-refractivity contribution in [1.29, 1.82) is 5.41 Å². The van der Waals surface area contributed by atoms with E-state index in [0.29, 0.717) is 45.9 Å². The lowest BCUT2D eigenvalue weighted by Crippen LogP contribution is -2.31. The predicted octanol–water partition coefficient (Wildman–Crippen LogP) is 5.16. The molecule has 0 saturated heterocycles. The Morgan fingerprint density at radius 3 is 2.83 bits per heavy atom. The van der Waals surface area contributed by atoms with Gasteiger partial charge in [-0.05, 0) is 66.8 Å². The second-order valence-corrected chi connectivity index (χ2v) is 7.24. The van der Waals surface area contributed by atoms with Crippen molar-refractivity contribution in [3.8, 4) is 0 Å². The van der Waals surface area contributed by atoms with Crippen LogP contribution in [0.3, 0.4) is 0 Å². The van der Waals surface area contributed by atoms with Gasteiger partial charge in [-0.2, -0.15) is 0 Å². The van der Waals surface area contributed by atoms with Gasteiger partial charge in [0.25, 0.3) is 0 Å². The number of hydrogen-bond acceptors (Lipinski definition) is 4. The van der Waals surface area contributed by atoms with Gasteiger partial charge in [-0.25, -0.2) is 0 Å². The average Bonchev–Trinajstić information content (AvgIpc) is 2.53. The minimum Gasteiger partial charge on any atom is -0.398 e. The number of nitrogens with two attached hydrogens (primary N) is 1. The standard InChI is InChI=1S/C18H22ClN3O/c1-2-10-5-11-7-12(6-10)17(16(8-11)22-23)18(21)14-4-3-13(19)9-15(14)20/h3-4,9-12,21H,2,5-8,20H2,1H3. The first-order valence-electron chi connectivity index (χ1n) is 8.24. The summed E-state index contributed by atoms with van der Waals surface area (Å²) in [7, 11) is 0. The lowest BCUT2D eigenvalue weighted by molar-refractivity contribution is 0.199. The van der Waals surface area contributed by atoms with Crippen molar-refractivity contribution in [2.45, 2.75) is 39.0 Å². The van der Waals surface area contributed by atoms with Gasteiger partial charge in [0.05, 0.1) is 11.4 Å². The molecule has 4 nitrogen and oxygen atoms in total. The maximum absolute atomic E-state index is 11.4. The number of halogens is 1. The maximum Gasteiger partial charge on any atom is 0.0907 e. The van der Waals surface area contributed by atoms with E-state index in [1.54, 1.807) is 18.2 Å². The van der Waals surface area contributed by atoms with Crippen molar-refractivity contribution in [1.82, 2.24) is 0 Å². The number of hydrogen-bond donors (Lipinski definition) is 2. The van der Waals surface area contributed by atoms with Gasteiger partial charge < -0.3 is 5.73 Å². The lowest BCUT2D eigenvalue weighted by atomic mass is 9.65. The highest BCUT2D eigenvalue weighted by atomic mass is 35.5. The SMILES string of the molecule is CCC1CC2CC(N=O)=C(C(=N)c3ccc(Cl)cc3N)C(C1)C2. The van der Waals surface area contributed by atoms with Crippen LogP contribution in [0.15, 0.2) is 34.6 Å². The van der Waals surface area contributed by atoms with Crippen molar-refractivity contribution < 1.29 is 0 Å². The van der Waals surface area contributed by atoms with E-state index in [0.717, 1.165) is 24.8 Å². The van der Waals surface area contributed by atoms with Crippen LogP contribution in [0.4, 0.5) is 5.69 Å². The van der Waals surface area contributed by atoms with Crippen LogP contribution in [0.2, 0.25) is 5.02 Å². The van der Waals surface area contributed by atoms with Crippen molar-refractivity contribution in [3.63, 3.8) is 0 Å². The van der Waals surface area contributed by atoms with E-state index < -0.39 is 0 Å². The Kier molecular flexibility index (Phi) is 4.53. The monoisotopic (exact) mass is 331 g/mol. The molecule has 2 aliphatic rings. The van der Waals surface area contributed by atoms with Crippen LogP contribution in [-0.4, -0.2) is 5.71 Å². The van der Waals surface area contributed by atoms with E-state index in [2.05, 4.69) is 12.1 Å². The highest BCUT2D eigenvalue weighted by molar-refractivity contribution is 6.31. The Labute approximate surface area is 141 Å². The summed E-state index contributed by atoms with van der Waals surface area (Å²) in [5.74, 6) is 1.46. The van der Waals surface area contributed by atoms with Gasteiger partial charge >= 0.3 is 0 Å². The second kappa shape index (κ2) is 6.44. The Morgan fingerprint density at radius 2 is 2.17 bits per heavy atom. The van der Waals surface area contributed by atoms with Crippen molar-refractivity contribution in [2.24, 2.45) is 22.9 Å². The summed E-state index contributed by atoms with van der Waals surface area (Å²) in [4.78, 5) is 11.4. The normalized spacial score (nSPS) is 27.0. The number of nitrogens with one attached hydrogen (secondary N) is 1. The molecule has 23 heavy (non-hydrogen) atoms. The summed E-state index contributed by atoms with van der Waals surface area (Å²) >= 11 is 5.95. The van der Waals surface area contributed by atoms with Crippen LogP contribution in [0, 0.1) is 28.1 Å². The maximum atomic E-state index is 11.4. The third-order valence-corrected chi connectivity index (χ3v) is 5.58. The van der Waals surface area contributed by atoms with Crippen LogP contribution in [0.5, 0.6) is 0 Å². The molecule has 1 saturated carbocycles. The van der Waals surface area contributed by atoms with Gasteiger partial charge in [-0.3, -0.25) is 5.41 Å². The molecule has 2 bridgehead atoms. The quantitative estimate of drug-likeness (QED) is 0.454. The van der Waals surface area contributed by atoms with Gasteiger partial charge in [-0.15, -0.1) is 4.91 Å². The number of nitrogens with zero attached hydrogens (tertiary/aromatic N) is 1. The molecule has 1 aromatic rings. The van der Waals surface area contributed by atoms with Crippen LogP contribution >= 0.6 is 11.6 Å². The molecule has 3 atom stereocenters. The lowest BCUT2D eigenvalue weighted by Gasteiger charge is -2.40. The fraction of sp³-hybridized carbons (Fsp3) is 0.500. The zero-order valence-corrected chi connectivity index (χ0v) is 14.1. The third-order valence-electron chi connectivity index (χ3n) is 5.34. The summed E-state index contributed by atoms with van der Waals surface area (Å²) in [6.45, 7) is 2.22. The molecule has 0 radical (unpaired) electrons. The van der Waals surface area contributed by atoms with Gasteiger partial charge in [0, 0.05) is 21.8 Å². The van der Waals surface area contributed by atoms with E-state index >= 15 is 0 Å². The van der Waals surface area contributed by atoms with Crippen LogP contribution in [0.25, 0.3) is 0 Å². The fourth-order valence-electron chi connectivity index (χ4n) is 4.26. The number of nitrogen functional groups attached to an aromatic ring is 1. The molecule has 2 aliphatic carbocycles. The molecule has 3 unspecified atom stereocenters. The van der Waals surface area contributed by atoms with Crippen LogP contribution in [0.1, 0.15) is 44.6 Å². The molecular formula is C18H22ClN3O. The first-order valence-corrected chi connectivity index (χ1v) is 8.62. The Bertz CT molecular complexity index is 683. The Balaban J connectivity index is 2.00. The molecule has 0 amide bonds. The highest BCUT2D eigenvalue weighted by Gasteiger charge is 2.38. The van der Waals surface area contributed by atoms with E-state index in [9.17, 15) is 4.91 Å². The molecule has 3 N–H and O–H groups in total. The van der Waals surface area contributed by atoms with E-state index in [1.165, 1.54) is 6.42 Å². The number of nitroso groups, excluding NO2 is 1. The molecule has 122 valence electrons. The van der Waals surface area contributed by atoms with Crippen LogP contribution < -0.4 is 5.73 Å². The Hall–Kier alpha value is -1.68. The Morgan fingerprint density at radius 1 is 1.39 bits per heavy atom. The van der Waals surface area contributed by atoms with Crippen molar-refractivity contribution >= 4 is 23.0 Å². The van der Waals surface area contributed by atoms with Gasteiger partial charge in [0.2, 0.25) is 0 Å². The van der Waals surface area contributed by atoms with E-state index in [4.69, 9.17) is 22.7 Å². The number of benzene rings is 1. The minimum atomic E-state index is 0.253. The van der Waals surface area contributed by atoms with Crippen molar-refractivity contribution in [3.05, 3.63) is 45.0 Å². The van der Waals surface area contributed by atoms with E-state index in [-0.39, 0.29) is 5.92 Å². The van der Waals surface area contributed by atoms with Crippen LogP contribution in [-0.2, 0) is 0 Å². The zero-order valence-electron chi connectivity index (χ0n) is 13.3. The summed E-state index contributed by atoms with van der Waals surface area (Å²) in [6.07, 6.45) is 5.12. The minimum absolute atomic E-state index is 0.253. The molecule has 0 aliphatic heterocycles. The summed E-state index contributed by atoms with van der Waals surface area (Å²) in [5.41, 5.74) is 8.87. The van der Waals surface area contributed by atoms with Gasteiger partial charge in [-0.1, -0.05) is 24.9 Å². The molecule has 0 spiro atoms. The van der Waals surface area contributed by atoms with Gasteiger partial charge in [0.1, 0.15) is 0 Å². The fourth-order valence-corrected chi connectivity index (χ4v) is 4.44. The summed E-state index contributed by atoms with van der Waals surface area (Å²) in [6, 6.07) is 5.15. The average molecular weight is 332 g/mol. The topological polar surface area (TPSA) is 79.3 Å². The zero-order chi connectivity index (χ0) is 16.6. The number of anilines is 1.